The highest BCUT2D eigenvalue weighted by molar-refractivity contribution is 5.86. The molecule has 1 saturated heterocycles. The highest BCUT2D eigenvalue weighted by Crippen LogP contribution is 2.01. The SMILES string of the molecule is COCC(NC(=O)C1COCCO1)C(=O)O. The van der Waals surface area contributed by atoms with Crippen molar-refractivity contribution in [2.75, 3.05) is 33.5 Å². The van der Waals surface area contributed by atoms with Crippen molar-refractivity contribution in [1.29, 1.82) is 0 Å². The number of carboxylic acid groups (broad SMARTS) is 1. The van der Waals surface area contributed by atoms with E-state index in [1.807, 2.05) is 0 Å². The van der Waals surface area contributed by atoms with Crippen LogP contribution in [0.25, 0.3) is 0 Å². The van der Waals surface area contributed by atoms with Gasteiger partial charge in [-0.1, -0.05) is 0 Å². The van der Waals surface area contributed by atoms with E-state index in [1.54, 1.807) is 0 Å². The van der Waals surface area contributed by atoms with Crippen molar-refractivity contribution in [3.63, 3.8) is 0 Å². The van der Waals surface area contributed by atoms with E-state index in [4.69, 9.17) is 14.6 Å². The third-order valence-electron chi connectivity index (χ3n) is 2.06. The minimum Gasteiger partial charge on any atom is -0.480 e. The summed E-state index contributed by atoms with van der Waals surface area (Å²) in [7, 11) is 1.36. The quantitative estimate of drug-likeness (QED) is 0.607. The zero-order valence-electron chi connectivity index (χ0n) is 8.97. The molecule has 1 fully saturated rings. The largest absolute Gasteiger partial charge is 0.480 e. The Hall–Kier alpha value is -1.18. The van der Waals surface area contributed by atoms with Crippen LogP contribution in [-0.4, -0.2) is 62.7 Å². The number of rotatable bonds is 5. The first-order valence-electron chi connectivity index (χ1n) is 4.86. The Bertz CT molecular complexity index is 250. The van der Waals surface area contributed by atoms with Crippen molar-refractivity contribution >= 4 is 11.9 Å². The molecule has 7 heteroatoms. The first-order valence-corrected chi connectivity index (χ1v) is 4.86. The van der Waals surface area contributed by atoms with E-state index in [1.165, 1.54) is 7.11 Å². The first-order chi connectivity index (χ1) is 7.65. The second-order valence-electron chi connectivity index (χ2n) is 3.29. The van der Waals surface area contributed by atoms with Gasteiger partial charge in [-0.25, -0.2) is 4.79 Å². The number of hydrogen-bond donors (Lipinski definition) is 2. The molecule has 2 unspecified atom stereocenters. The van der Waals surface area contributed by atoms with Gasteiger partial charge in [-0.3, -0.25) is 4.79 Å². The lowest BCUT2D eigenvalue weighted by Gasteiger charge is -2.23. The molecule has 0 aromatic carbocycles. The Morgan fingerprint density at radius 2 is 2.31 bits per heavy atom. The van der Waals surface area contributed by atoms with Gasteiger partial charge >= 0.3 is 5.97 Å². The Labute approximate surface area is 92.7 Å². The maximum absolute atomic E-state index is 11.6. The fraction of sp³-hybridized carbons (Fsp3) is 0.778. The summed E-state index contributed by atoms with van der Waals surface area (Å²) in [4.78, 5) is 22.3. The lowest BCUT2D eigenvalue weighted by Crippen LogP contribution is -2.50. The molecular formula is C9H15NO6. The number of hydrogen-bond acceptors (Lipinski definition) is 5. The summed E-state index contributed by atoms with van der Waals surface area (Å²) in [5.41, 5.74) is 0. The number of nitrogens with one attached hydrogen (secondary N) is 1. The van der Waals surface area contributed by atoms with Crippen molar-refractivity contribution in [1.82, 2.24) is 5.32 Å². The van der Waals surface area contributed by atoms with E-state index in [2.05, 4.69) is 10.1 Å². The van der Waals surface area contributed by atoms with Gasteiger partial charge < -0.3 is 24.6 Å². The molecule has 2 atom stereocenters. The number of methoxy groups -OCH3 is 1. The van der Waals surface area contributed by atoms with Gasteiger partial charge in [0, 0.05) is 7.11 Å². The normalized spacial score (nSPS) is 22.4. The molecule has 1 heterocycles. The Morgan fingerprint density at radius 3 is 2.81 bits per heavy atom. The highest BCUT2D eigenvalue weighted by Gasteiger charge is 2.27. The molecule has 0 aromatic heterocycles. The summed E-state index contributed by atoms with van der Waals surface area (Å²) in [5, 5.41) is 11.1. The summed E-state index contributed by atoms with van der Waals surface area (Å²) >= 11 is 0. The van der Waals surface area contributed by atoms with Crippen LogP contribution in [0.2, 0.25) is 0 Å². The molecule has 7 nitrogen and oxygen atoms in total. The number of ether oxygens (including phenoxy) is 3. The Morgan fingerprint density at radius 1 is 1.56 bits per heavy atom. The van der Waals surface area contributed by atoms with Crippen LogP contribution >= 0.6 is 0 Å². The molecule has 92 valence electrons. The van der Waals surface area contributed by atoms with Gasteiger partial charge in [0.1, 0.15) is 0 Å². The van der Waals surface area contributed by atoms with E-state index in [0.717, 1.165) is 0 Å². The van der Waals surface area contributed by atoms with Gasteiger partial charge in [0.2, 0.25) is 0 Å². The van der Waals surface area contributed by atoms with Gasteiger partial charge in [-0.2, -0.15) is 0 Å². The summed E-state index contributed by atoms with van der Waals surface area (Å²) in [6.07, 6.45) is -0.743. The van der Waals surface area contributed by atoms with Gasteiger partial charge in [-0.15, -0.1) is 0 Å². The molecule has 0 saturated carbocycles. The van der Waals surface area contributed by atoms with Crippen LogP contribution < -0.4 is 5.32 Å². The van der Waals surface area contributed by atoms with Crippen LogP contribution in [0.3, 0.4) is 0 Å². The molecule has 16 heavy (non-hydrogen) atoms. The molecule has 0 aromatic rings. The van der Waals surface area contributed by atoms with Gasteiger partial charge in [0.25, 0.3) is 5.91 Å². The smallest absolute Gasteiger partial charge is 0.328 e. The fourth-order valence-electron chi connectivity index (χ4n) is 1.25. The summed E-state index contributed by atoms with van der Waals surface area (Å²) < 4.78 is 14.9. The monoisotopic (exact) mass is 233 g/mol. The average molecular weight is 233 g/mol. The van der Waals surface area contributed by atoms with Gasteiger partial charge in [-0.05, 0) is 0 Å². The molecule has 2 N–H and O–H groups in total. The second kappa shape index (κ2) is 6.41. The molecule has 0 spiro atoms. The Kier molecular flexibility index (Phi) is 5.17. The highest BCUT2D eigenvalue weighted by atomic mass is 16.6. The molecule has 0 aliphatic carbocycles. The third kappa shape index (κ3) is 3.76. The van der Waals surface area contributed by atoms with E-state index in [-0.39, 0.29) is 13.2 Å². The van der Waals surface area contributed by atoms with Crippen LogP contribution in [0.1, 0.15) is 0 Å². The van der Waals surface area contributed by atoms with Crippen LogP contribution in [-0.2, 0) is 23.8 Å². The summed E-state index contributed by atoms with van der Waals surface area (Å²) in [5.74, 6) is -1.64. The molecule has 1 amide bonds. The van der Waals surface area contributed by atoms with Gasteiger partial charge in [0.05, 0.1) is 26.4 Å². The lowest BCUT2D eigenvalue weighted by atomic mass is 10.2. The number of carbonyl (C=O) groups is 2. The lowest BCUT2D eigenvalue weighted by molar-refractivity contribution is -0.153. The fourth-order valence-corrected chi connectivity index (χ4v) is 1.25. The van der Waals surface area contributed by atoms with Crippen LogP contribution in [0, 0.1) is 0 Å². The zero-order chi connectivity index (χ0) is 12.0. The van der Waals surface area contributed by atoms with Crippen LogP contribution in [0.15, 0.2) is 0 Å². The maximum atomic E-state index is 11.6. The number of carboxylic acids is 1. The topological polar surface area (TPSA) is 94.1 Å². The van der Waals surface area contributed by atoms with Gasteiger partial charge in [0.15, 0.2) is 12.1 Å². The van der Waals surface area contributed by atoms with Crippen molar-refractivity contribution in [2.24, 2.45) is 0 Å². The summed E-state index contributed by atoms with van der Waals surface area (Å²) in [6.45, 7) is 0.837. The van der Waals surface area contributed by atoms with Crippen LogP contribution in [0.5, 0.6) is 0 Å². The molecular weight excluding hydrogens is 218 g/mol. The predicted octanol–water partition coefficient (Wildman–Crippen LogP) is -1.38. The minimum atomic E-state index is -1.15. The van der Waals surface area contributed by atoms with Crippen molar-refractivity contribution in [3.8, 4) is 0 Å². The standard InChI is InChI=1S/C9H15NO6/c1-14-4-6(9(12)13)10-8(11)7-5-15-2-3-16-7/h6-7H,2-5H2,1H3,(H,10,11)(H,12,13). The zero-order valence-corrected chi connectivity index (χ0v) is 8.97. The summed E-state index contributed by atoms with van der Waals surface area (Å²) in [6, 6.07) is -1.07. The molecule has 1 aliphatic rings. The van der Waals surface area contributed by atoms with Crippen molar-refractivity contribution in [2.45, 2.75) is 12.1 Å². The molecule has 1 aliphatic heterocycles. The number of amides is 1. The molecule has 1 rings (SSSR count). The van der Waals surface area contributed by atoms with E-state index in [0.29, 0.717) is 13.2 Å². The average Bonchev–Trinajstić information content (AvgIpc) is 2.29. The van der Waals surface area contributed by atoms with E-state index in [9.17, 15) is 9.59 Å². The van der Waals surface area contributed by atoms with E-state index >= 15 is 0 Å². The third-order valence-corrected chi connectivity index (χ3v) is 2.06. The Balaban J connectivity index is 2.43. The maximum Gasteiger partial charge on any atom is 0.328 e. The second-order valence-corrected chi connectivity index (χ2v) is 3.29. The van der Waals surface area contributed by atoms with Crippen LogP contribution in [0.4, 0.5) is 0 Å². The number of aliphatic carboxylic acids is 1. The molecule has 0 radical (unpaired) electrons. The number of carbonyl (C=O) groups excluding carboxylic acids is 1. The molecule has 0 bridgehead atoms. The van der Waals surface area contributed by atoms with Crippen molar-refractivity contribution < 1.29 is 28.9 Å². The first kappa shape index (κ1) is 12.9. The predicted molar refractivity (Wildman–Crippen MR) is 52.0 cm³/mol. The minimum absolute atomic E-state index is 0.0886. The van der Waals surface area contributed by atoms with Crippen molar-refractivity contribution in [3.05, 3.63) is 0 Å². The van der Waals surface area contributed by atoms with E-state index < -0.39 is 24.0 Å².